The second-order valence-corrected chi connectivity index (χ2v) is 3.58. The van der Waals surface area contributed by atoms with Gasteiger partial charge in [-0.05, 0) is 18.9 Å². The number of nitrogens with zero attached hydrogens (tertiary/aromatic N) is 2. The summed E-state index contributed by atoms with van der Waals surface area (Å²) in [4.78, 5) is 6.47. The minimum absolute atomic E-state index is 1.05. The summed E-state index contributed by atoms with van der Waals surface area (Å²) in [6, 6.07) is 2.08. The second-order valence-electron chi connectivity index (χ2n) is 3.58. The molecule has 3 heteroatoms. The predicted molar refractivity (Wildman–Crippen MR) is 55.4 cm³/mol. The van der Waals surface area contributed by atoms with Crippen LogP contribution in [0, 0.1) is 0 Å². The fourth-order valence-electron chi connectivity index (χ4n) is 1.77. The first-order valence-corrected chi connectivity index (χ1v) is 4.68. The first-order valence-electron chi connectivity index (χ1n) is 4.68. The lowest BCUT2D eigenvalue weighted by Crippen LogP contribution is -2.18. The van der Waals surface area contributed by atoms with Gasteiger partial charge in [0.2, 0.25) is 0 Å². The van der Waals surface area contributed by atoms with Gasteiger partial charge < -0.3 is 10.2 Å². The smallest absolute Gasteiger partial charge is 0.131 e. The molecule has 1 N–H and O–H groups in total. The molecule has 1 aliphatic rings. The molecule has 0 aliphatic carbocycles. The van der Waals surface area contributed by atoms with Gasteiger partial charge in [0, 0.05) is 38.1 Å². The first kappa shape index (κ1) is 8.35. The van der Waals surface area contributed by atoms with Gasteiger partial charge in [-0.25, -0.2) is 4.98 Å². The van der Waals surface area contributed by atoms with Crippen LogP contribution in [0.4, 0.5) is 11.5 Å². The van der Waals surface area contributed by atoms with E-state index >= 15 is 0 Å². The largest absolute Gasteiger partial charge is 0.377 e. The van der Waals surface area contributed by atoms with Crippen LogP contribution in [0.1, 0.15) is 12.0 Å². The van der Waals surface area contributed by atoms with Gasteiger partial charge in [-0.1, -0.05) is 0 Å². The third kappa shape index (κ3) is 1.46. The molecule has 1 aromatic heterocycles. The molecule has 2 heterocycles. The normalized spacial score (nSPS) is 14.6. The summed E-state index contributed by atoms with van der Waals surface area (Å²) in [5.74, 6) is 1.07. The lowest BCUT2D eigenvalue weighted by Gasteiger charge is -2.23. The number of hydrogen-bond donors (Lipinski definition) is 1. The highest BCUT2D eigenvalue weighted by Crippen LogP contribution is 2.28. The van der Waals surface area contributed by atoms with Crippen LogP contribution in [0.2, 0.25) is 0 Å². The van der Waals surface area contributed by atoms with Crippen LogP contribution in [-0.2, 0) is 6.42 Å². The topological polar surface area (TPSA) is 28.2 Å². The quantitative estimate of drug-likeness (QED) is 0.704. The Labute approximate surface area is 78.8 Å². The molecule has 0 unspecified atom stereocenters. The molecule has 0 spiro atoms. The molecule has 1 aromatic rings. The molecule has 0 radical (unpaired) electrons. The maximum Gasteiger partial charge on any atom is 0.131 e. The molecule has 3 nitrogen and oxygen atoms in total. The lowest BCUT2D eigenvalue weighted by molar-refractivity contribution is 0.813. The van der Waals surface area contributed by atoms with Crippen LogP contribution in [0.25, 0.3) is 0 Å². The zero-order chi connectivity index (χ0) is 9.26. The summed E-state index contributed by atoms with van der Waals surface area (Å²) in [5, 5.41) is 3.32. The summed E-state index contributed by atoms with van der Waals surface area (Å²) in [6.07, 6.45) is 4.22. The van der Waals surface area contributed by atoms with Gasteiger partial charge in [-0.15, -0.1) is 0 Å². The van der Waals surface area contributed by atoms with Gasteiger partial charge in [0.05, 0.1) is 0 Å². The molecule has 0 bridgehead atoms. The van der Waals surface area contributed by atoms with Crippen molar-refractivity contribution in [2.75, 3.05) is 30.9 Å². The molecule has 13 heavy (non-hydrogen) atoms. The van der Waals surface area contributed by atoms with E-state index in [1.165, 1.54) is 17.7 Å². The number of hydrogen-bond acceptors (Lipinski definition) is 3. The summed E-state index contributed by atoms with van der Waals surface area (Å²) in [7, 11) is 4.15. The number of aromatic nitrogens is 1. The molecule has 2 rings (SSSR count). The van der Waals surface area contributed by atoms with Crippen LogP contribution < -0.4 is 10.2 Å². The summed E-state index contributed by atoms with van der Waals surface area (Å²) in [5.41, 5.74) is 2.65. The summed E-state index contributed by atoms with van der Waals surface area (Å²) < 4.78 is 0. The minimum atomic E-state index is 1.05. The lowest BCUT2D eigenvalue weighted by atomic mass is 10.1. The van der Waals surface area contributed by atoms with E-state index in [2.05, 4.69) is 35.4 Å². The zero-order valence-electron chi connectivity index (χ0n) is 8.17. The average molecular weight is 177 g/mol. The fourth-order valence-corrected chi connectivity index (χ4v) is 1.77. The van der Waals surface area contributed by atoms with Gasteiger partial charge in [-0.3, -0.25) is 0 Å². The Kier molecular flexibility index (Phi) is 2.08. The number of pyridine rings is 1. The molecule has 0 amide bonds. The van der Waals surface area contributed by atoms with Crippen molar-refractivity contribution in [1.82, 2.24) is 4.98 Å². The Morgan fingerprint density at radius 1 is 1.46 bits per heavy atom. The van der Waals surface area contributed by atoms with Crippen molar-refractivity contribution in [1.29, 1.82) is 0 Å². The highest BCUT2D eigenvalue weighted by Gasteiger charge is 2.14. The predicted octanol–water partition coefficient (Wildman–Crippen LogP) is 1.51. The fraction of sp³-hybridized carbons (Fsp3) is 0.500. The van der Waals surface area contributed by atoms with E-state index in [9.17, 15) is 0 Å². The maximum atomic E-state index is 4.32. The van der Waals surface area contributed by atoms with Crippen molar-refractivity contribution in [3.8, 4) is 0 Å². The first-order chi connectivity index (χ1) is 6.29. The van der Waals surface area contributed by atoms with E-state index in [0.717, 1.165) is 18.8 Å². The highest BCUT2D eigenvalue weighted by atomic mass is 15.1. The number of nitrogens with one attached hydrogen (secondary N) is 1. The molecular weight excluding hydrogens is 162 g/mol. The number of anilines is 2. The van der Waals surface area contributed by atoms with E-state index in [0.29, 0.717) is 0 Å². The maximum absolute atomic E-state index is 4.32. The van der Waals surface area contributed by atoms with E-state index in [-0.39, 0.29) is 0 Å². The molecule has 0 aromatic carbocycles. The van der Waals surface area contributed by atoms with Crippen molar-refractivity contribution >= 4 is 11.5 Å². The van der Waals surface area contributed by atoms with E-state index in [4.69, 9.17) is 0 Å². The number of rotatable bonds is 1. The van der Waals surface area contributed by atoms with Gasteiger partial charge in [0.25, 0.3) is 0 Å². The van der Waals surface area contributed by atoms with Crippen LogP contribution >= 0.6 is 0 Å². The molecule has 0 fully saturated rings. The molecule has 70 valence electrons. The van der Waals surface area contributed by atoms with Gasteiger partial charge >= 0.3 is 0 Å². The minimum Gasteiger partial charge on any atom is -0.377 e. The van der Waals surface area contributed by atoms with E-state index < -0.39 is 0 Å². The molecule has 0 saturated carbocycles. The van der Waals surface area contributed by atoms with Crippen LogP contribution in [0.3, 0.4) is 0 Å². The van der Waals surface area contributed by atoms with E-state index in [1.54, 1.807) is 0 Å². The monoisotopic (exact) mass is 177 g/mol. The van der Waals surface area contributed by atoms with Gasteiger partial charge in [0.1, 0.15) is 5.82 Å². The van der Waals surface area contributed by atoms with Gasteiger partial charge in [0.15, 0.2) is 0 Å². The Hall–Kier alpha value is -1.25. The van der Waals surface area contributed by atoms with Crippen molar-refractivity contribution in [2.24, 2.45) is 0 Å². The molecular formula is C10H15N3. The van der Waals surface area contributed by atoms with Crippen LogP contribution in [0.5, 0.6) is 0 Å². The highest BCUT2D eigenvalue weighted by molar-refractivity contribution is 5.63. The third-order valence-corrected chi connectivity index (χ3v) is 2.41. The molecule has 1 aliphatic heterocycles. The van der Waals surface area contributed by atoms with E-state index in [1.807, 2.05) is 6.20 Å². The van der Waals surface area contributed by atoms with Crippen LogP contribution in [-0.4, -0.2) is 25.6 Å². The van der Waals surface area contributed by atoms with Crippen molar-refractivity contribution in [3.63, 3.8) is 0 Å². The van der Waals surface area contributed by atoms with Gasteiger partial charge in [-0.2, -0.15) is 0 Å². The third-order valence-electron chi connectivity index (χ3n) is 2.41. The Bertz CT molecular complexity index is 307. The molecule has 0 atom stereocenters. The van der Waals surface area contributed by atoms with Crippen molar-refractivity contribution in [2.45, 2.75) is 12.8 Å². The van der Waals surface area contributed by atoms with Crippen LogP contribution in [0.15, 0.2) is 12.3 Å². The summed E-state index contributed by atoms with van der Waals surface area (Å²) >= 11 is 0. The molecule has 0 saturated heterocycles. The van der Waals surface area contributed by atoms with Crippen molar-refractivity contribution < 1.29 is 0 Å². The Balaban J connectivity index is 2.46. The Morgan fingerprint density at radius 2 is 2.31 bits per heavy atom. The number of fused-ring (bicyclic) bond motifs is 1. The zero-order valence-corrected chi connectivity index (χ0v) is 8.17. The summed E-state index contributed by atoms with van der Waals surface area (Å²) in [6.45, 7) is 1.05. The average Bonchev–Trinajstić information content (AvgIpc) is 2.17. The Morgan fingerprint density at radius 3 is 3.08 bits per heavy atom. The standard InChI is InChI=1S/C10H15N3/c1-13(2)9-5-7-12-10-8(9)4-3-6-11-10/h5,7H,3-4,6H2,1-2H3,(H,11,12). The second kappa shape index (κ2) is 3.24. The SMILES string of the molecule is CN(C)c1ccnc2c1CCCN2. The van der Waals surface area contributed by atoms with Crippen molar-refractivity contribution in [3.05, 3.63) is 17.8 Å².